The Morgan fingerprint density at radius 1 is 0.962 bits per heavy atom. The number of ether oxygens (including phenoxy) is 1. The van der Waals surface area contributed by atoms with Crippen LogP contribution in [0.15, 0.2) is 18.2 Å². The number of aryl methyl sites for hydroxylation is 2. The molecule has 0 bridgehead atoms. The van der Waals surface area contributed by atoms with Crippen LogP contribution in [-0.2, 0) is 22.4 Å². The molecule has 0 unspecified atom stereocenters. The molecule has 1 amide bonds. The van der Waals surface area contributed by atoms with E-state index in [0.717, 1.165) is 38.5 Å². The quantitative estimate of drug-likeness (QED) is 0.533. The fourth-order valence-corrected chi connectivity index (χ4v) is 2.94. The first kappa shape index (κ1) is 22.2. The number of carbonyl (C=O) groups excluding carboxylic acids is 2. The molecule has 0 aromatic heterocycles. The number of amides is 1. The Morgan fingerprint density at radius 3 is 1.92 bits per heavy atom. The summed E-state index contributed by atoms with van der Waals surface area (Å²) in [7, 11) is 0. The molecule has 0 aliphatic carbocycles. The van der Waals surface area contributed by atoms with Crippen molar-refractivity contribution in [2.45, 2.75) is 79.2 Å². The van der Waals surface area contributed by atoms with Crippen molar-refractivity contribution in [2.75, 3.05) is 13.2 Å². The zero-order chi connectivity index (χ0) is 19.5. The second-order valence-electron chi connectivity index (χ2n) is 7.08. The van der Waals surface area contributed by atoms with Gasteiger partial charge in [0.25, 0.3) is 5.91 Å². The third-order valence-electron chi connectivity index (χ3n) is 4.43. The van der Waals surface area contributed by atoms with Crippen LogP contribution in [0.4, 0.5) is 0 Å². The highest BCUT2D eigenvalue weighted by atomic mass is 16.5. The van der Waals surface area contributed by atoms with Crippen molar-refractivity contribution in [3.63, 3.8) is 0 Å². The van der Waals surface area contributed by atoms with Crippen molar-refractivity contribution >= 4 is 11.9 Å². The molecule has 0 atom stereocenters. The number of hydrogen-bond acceptors (Lipinski definition) is 3. The molecule has 1 aromatic carbocycles. The first-order valence-corrected chi connectivity index (χ1v) is 10.0. The van der Waals surface area contributed by atoms with Crippen LogP contribution in [0.3, 0.4) is 0 Å². The molecule has 4 nitrogen and oxygen atoms in total. The molecule has 1 rings (SSSR count). The standard InChI is InChI=1S/C22H35NO3/c1-6-9-11-18-13-19(12-10-7-2)15-20(14-18)22(25)23(17(4)5)16-21(24)26-8-3/h13-15,17H,6-12,16H2,1-5H3. The van der Waals surface area contributed by atoms with Crippen molar-refractivity contribution < 1.29 is 14.3 Å². The molecule has 26 heavy (non-hydrogen) atoms. The summed E-state index contributed by atoms with van der Waals surface area (Å²) in [6, 6.07) is 6.15. The van der Waals surface area contributed by atoms with Crippen LogP contribution in [0.25, 0.3) is 0 Å². The number of esters is 1. The Kier molecular flexibility index (Phi) is 10.0. The molecule has 4 heteroatoms. The normalized spacial score (nSPS) is 10.8. The van der Waals surface area contributed by atoms with Crippen molar-refractivity contribution in [3.8, 4) is 0 Å². The molecule has 0 aliphatic rings. The Bertz CT molecular complexity index is 555. The highest BCUT2D eigenvalue weighted by molar-refractivity contribution is 5.96. The summed E-state index contributed by atoms with van der Waals surface area (Å²) in [6.07, 6.45) is 6.45. The lowest BCUT2D eigenvalue weighted by atomic mass is 9.98. The van der Waals surface area contributed by atoms with E-state index in [1.54, 1.807) is 11.8 Å². The lowest BCUT2D eigenvalue weighted by Gasteiger charge is -2.26. The lowest BCUT2D eigenvalue weighted by molar-refractivity contribution is -0.144. The van der Waals surface area contributed by atoms with Crippen LogP contribution in [0.2, 0.25) is 0 Å². The Hall–Kier alpha value is -1.84. The molecule has 0 radical (unpaired) electrons. The van der Waals surface area contributed by atoms with E-state index in [-0.39, 0.29) is 24.5 Å². The van der Waals surface area contributed by atoms with Gasteiger partial charge >= 0.3 is 5.97 Å². The number of unbranched alkanes of at least 4 members (excludes halogenated alkanes) is 2. The van der Waals surface area contributed by atoms with Gasteiger partial charge < -0.3 is 9.64 Å². The molecule has 0 N–H and O–H groups in total. The second kappa shape index (κ2) is 11.7. The van der Waals surface area contributed by atoms with Crippen LogP contribution in [-0.4, -0.2) is 36.0 Å². The van der Waals surface area contributed by atoms with E-state index in [4.69, 9.17) is 4.74 Å². The number of nitrogens with zero attached hydrogens (tertiary/aromatic N) is 1. The van der Waals surface area contributed by atoms with Crippen LogP contribution in [0.1, 0.15) is 81.8 Å². The molecule has 0 fully saturated rings. The monoisotopic (exact) mass is 361 g/mol. The van der Waals surface area contributed by atoms with Crippen LogP contribution < -0.4 is 0 Å². The molecule has 0 aliphatic heterocycles. The van der Waals surface area contributed by atoms with Gasteiger partial charge in [-0.2, -0.15) is 0 Å². The number of rotatable bonds is 11. The minimum absolute atomic E-state index is 0.00613. The maximum absolute atomic E-state index is 13.1. The second-order valence-corrected chi connectivity index (χ2v) is 7.08. The van der Waals surface area contributed by atoms with Gasteiger partial charge in [0.1, 0.15) is 6.54 Å². The summed E-state index contributed by atoms with van der Waals surface area (Å²) in [5.74, 6) is -0.452. The van der Waals surface area contributed by atoms with Crippen molar-refractivity contribution in [2.24, 2.45) is 0 Å². The summed E-state index contributed by atoms with van der Waals surface area (Å²) < 4.78 is 5.03. The molecular weight excluding hydrogens is 326 g/mol. The number of carbonyl (C=O) groups is 2. The zero-order valence-corrected chi connectivity index (χ0v) is 17.1. The highest BCUT2D eigenvalue weighted by Gasteiger charge is 2.23. The Labute approximate surface area is 158 Å². The topological polar surface area (TPSA) is 46.6 Å². The maximum atomic E-state index is 13.1. The predicted molar refractivity (Wildman–Crippen MR) is 106 cm³/mol. The predicted octanol–water partition coefficient (Wildman–Crippen LogP) is 4.79. The van der Waals surface area contributed by atoms with Gasteiger partial charge in [0.05, 0.1) is 6.61 Å². The summed E-state index contributed by atoms with van der Waals surface area (Å²) >= 11 is 0. The van der Waals surface area contributed by atoms with Gasteiger partial charge in [-0.05, 0) is 69.7 Å². The Morgan fingerprint density at radius 2 is 1.50 bits per heavy atom. The molecule has 1 aromatic rings. The van der Waals surface area contributed by atoms with Crippen molar-refractivity contribution in [1.29, 1.82) is 0 Å². The van der Waals surface area contributed by atoms with Gasteiger partial charge in [0, 0.05) is 11.6 Å². The largest absolute Gasteiger partial charge is 0.465 e. The molecular formula is C22H35NO3. The van der Waals surface area contributed by atoms with Crippen LogP contribution in [0.5, 0.6) is 0 Å². The Balaban J connectivity index is 3.09. The highest BCUT2D eigenvalue weighted by Crippen LogP contribution is 2.18. The van der Waals surface area contributed by atoms with Crippen LogP contribution in [0, 0.1) is 0 Å². The molecule has 0 spiro atoms. The van der Waals surface area contributed by atoms with E-state index < -0.39 is 0 Å². The molecule has 146 valence electrons. The molecule has 0 heterocycles. The number of hydrogen-bond donors (Lipinski definition) is 0. The van der Waals surface area contributed by atoms with E-state index >= 15 is 0 Å². The van der Waals surface area contributed by atoms with Gasteiger partial charge in [-0.1, -0.05) is 32.8 Å². The summed E-state index contributed by atoms with van der Waals surface area (Å²) in [6.45, 7) is 10.3. The van der Waals surface area contributed by atoms with Crippen LogP contribution >= 0.6 is 0 Å². The van der Waals surface area contributed by atoms with Gasteiger partial charge in [0.15, 0.2) is 0 Å². The summed E-state index contributed by atoms with van der Waals surface area (Å²) in [5, 5.41) is 0. The fourth-order valence-electron chi connectivity index (χ4n) is 2.94. The van der Waals surface area contributed by atoms with Gasteiger partial charge in [-0.15, -0.1) is 0 Å². The third kappa shape index (κ3) is 7.19. The maximum Gasteiger partial charge on any atom is 0.325 e. The van der Waals surface area contributed by atoms with E-state index in [2.05, 4.69) is 19.9 Å². The first-order valence-electron chi connectivity index (χ1n) is 10.0. The smallest absolute Gasteiger partial charge is 0.325 e. The van der Waals surface area contributed by atoms with Crippen molar-refractivity contribution in [3.05, 3.63) is 34.9 Å². The first-order chi connectivity index (χ1) is 12.4. The average Bonchev–Trinajstić information content (AvgIpc) is 2.62. The van der Waals surface area contributed by atoms with Gasteiger partial charge in [0.2, 0.25) is 0 Å². The SMILES string of the molecule is CCCCc1cc(CCCC)cc(C(=O)N(CC(=O)OCC)C(C)C)c1. The molecule has 0 saturated heterocycles. The minimum Gasteiger partial charge on any atom is -0.465 e. The van der Waals surface area contributed by atoms with E-state index in [1.165, 1.54) is 11.1 Å². The van der Waals surface area contributed by atoms with E-state index in [0.29, 0.717) is 12.2 Å². The third-order valence-corrected chi connectivity index (χ3v) is 4.43. The van der Waals surface area contributed by atoms with Crippen molar-refractivity contribution in [1.82, 2.24) is 4.90 Å². The average molecular weight is 362 g/mol. The summed E-state index contributed by atoms with van der Waals surface area (Å²) in [4.78, 5) is 26.6. The van der Waals surface area contributed by atoms with E-state index in [1.807, 2.05) is 26.0 Å². The van der Waals surface area contributed by atoms with E-state index in [9.17, 15) is 9.59 Å². The lowest BCUT2D eigenvalue weighted by Crippen LogP contribution is -2.41. The number of benzene rings is 1. The summed E-state index contributed by atoms with van der Waals surface area (Å²) in [5.41, 5.74) is 3.11. The zero-order valence-electron chi connectivity index (χ0n) is 17.1. The van der Waals surface area contributed by atoms with Gasteiger partial charge in [-0.3, -0.25) is 9.59 Å². The minimum atomic E-state index is -0.358. The fraction of sp³-hybridized carbons (Fsp3) is 0.636. The molecule has 0 saturated carbocycles. The van der Waals surface area contributed by atoms with Gasteiger partial charge in [-0.25, -0.2) is 0 Å².